The van der Waals surface area contributed by atoms with E-state index < -0.39 is 11.9 Å². The van der Waals surface area contributed by atoms with Crippen LogP contribution in [0.2, 0.25) is 0 Å². The molecule has 160 valence electrons. The van der Waals surface area contributed by atoms with Gasteiger partial charge in [-0.3, -0.25) is 9.79 Å². The first-order chi connectivity index (χ1) is 13.5. The molecule has 1 aromatic rings. The van der Waals surface area contributed by atoms with Gasteiger partial charge in [0.25, 0.3) is 5.91 Å². The van der Waals surface area contributed by atoms with Crippen LogP contribution in [0, 0.1) is 0 Å². The van der Waals surface area contributed by atoms with E-state index >= 15 is 0 Å². The Kier molecular flexibility index (Phi) is 17.2. The maximum Gasteiger partial charge on any atom is 0.255 e. The summed E-state index contributed by atoms with van der Waals surface area (Å²) in [5, 5.41) is 2.68. The molecule has 1 rings (SSSR count). The van der Waals surface area contributed by atoms with E-state index in [0.29, 0.717) is 17.9 Å². The quantitative estimate of drug-likeness (QED) is 0.129. The summed E-state index contributed by atoms with van der Waals surface area (Å²) in [5.74, 6) is -0.0846. The molecule has 0 saturated carbocycles. The predicted molar refractivity (Wildman–Crippen MR) is 115 cm³/mol. The van der Waals surface area contributed by atoms with E-state index in [1.807, 2.05) is 20.8 Å². The van der Waals surface area contributed by atoms with Gasteiger partial charge in [-0.15, -0.1) is 0 Å². The smallest absolute Gasteiger partial charge is 0.255 e. The molecule has 1 amide bonds. The van der Waals surface area contributed by atoms with Crippen molar-refractivity contribution in [2.75, 3.05) is 25.9 Å². The fourth-order valence-electron chi connectivity index (χ4n) is 2.03. The summed E-state index contributed by atoms with van der Waals surface area (Å²) in [5.41, 5.74) is 21.4. The van der Waals surface area contributed by atoms with Crippen molar-refractivity contribution < 1.29 is 14.3 Å². The molecule has 0 aliphatic rings. The van der Waals surface area contributed by atoms with Gasteiger partial charge in [0.05, 0.1) is 18.2 Å². The number of anilines is 1. The van der Waals surface area contributed by atoms with Crippen molar-refractivity contribution in [2.24, 2.45) is 22.2 Å². The molecule has 0 aromatic heterocycles. The molecule has 9 N–H and O–H groups in total. The number of ether oxygens (including phenoxy) is 1. The number of nitrogens with one attached hydrogen (secondary N) is 1. The number of hydrogen-bond acceptors (Lipinski definition) is 6. The molecule has 0 radical (unpaired) electrons. The Labute approximate surface area is 167 Å². The van der Waals surface area contributed by atoms with Gasteiger partial charge in [0, 0.05) is 5.69 Å². The molecule has 9 nitrogen and oxygen atoms in total. The fraction of sp³-hybridized carbons (Fsp3) is 0.526. The highest BCUT2D eigenvalue weighted by Crippen LogP contribution is 2.21. The van der Waals surface area contributed by atoms with E-state index in [9.17, 15) is 9.59 Å². The van der Waals surface area contributed by atoms with Crippen molar-refractivity contribution >= 4 is 23.8 Å². The summed E-state index contributed by atoms with van der Waals surface area (Å²) in [6.07, 6.45) is 3.12. The summed E-state index contributed by atoms with van der Waals surface area (Å²) >= 11 is 0. The number of carbonyl (C=O) groups excluding carboxylic acids is 2. The highest BCUT2D eigenvalue weighted by Gasteiger charge is 2.17. The monoisotopic (exact) mass is 396 g/mol. The minimum atomic E-state index is -0.534. The van der Waals surface area contributed by atoms with Crippen LogP contribution < -0.4 is 33.0 Å². The van der Waals surface area contributed by atoms with Crippen LogP contribution in [0.25, 0.3) is 0 Å². The first-order valence-corrected chi connectivity index (χ1v) is 9.39. The summed E-state index contributed by atoms with van der Waals surface area (Å²) in [7, 11) is 1.50. The number of carbonyl (C=O) groups is 2. The third-order valence-electron chi connectivity index (χ3n) is 3.24. The number of rotatable bonds is 10. The number of hydrogen-bond donors (Lipinski definition) is 5. The molecular weight excluding hydrogens is 360 g/mol. The largest absolute Gasteiger partial charge is 0.491 e. The first-order valence-electron chi connectivity index (χ1n) is 9.39. The van der Waals surface area contributed by atoms with Crippen molar-refractivity contribution in [1.29, 1.82) is 0 Å². The van der Waals surface area contributed by atoms with E-state index in [-0.39, 0.29) is 24.7 Å². The molecule has 1 unspecified atom stereocenters. The molecule has 0 heterocycles. The summed E-state index contributed by atoms with van der Waals surface area (Å²) < 4.78 is 5.54. The molecule has 0 aliphatic heterocycles. The second-order valence-electron chi connectivity index (χ2n) is 5.27. The number of benzene rings is 1. The molecule has 0 aliphatic carbocycles. The van der Waals surface area contributed by atoms with E-state index in [1.165, 1.54) is 13.1 Å². The Balaban J connectivity index is 0. The van der Waals surface area contributed by atoms with Crippen LogP contribution in [0.5, 0.6) is 5.75 Å². The summed E-state index contributed by atoms with van der Waals surface area (Å²) in [6.45, 7) is 6.49. The van der Waals surface area contributed by atoms with Crippen LogP contribution in [0.1, 0.15) is 50.4 Å². The van der Waals surface area contributed by atoms with Gasteiger partial charge in [-0.2, -0.15) is 0 Å². The zero-order valence-corrected chi connectivity index (χ0v) is 17.4. The van der Waals surface area contributed by atoms with Crippen LogP contribution >= 0.6 is 0 Å². The van der Waals surface area contributed by atoms with Crippen molar-refractivity contribution in [3.05, 3.63) is 23.8 Å². The van der Waals surface area contributed by atoms with Gasteiger partial charge < -0.3 is 37.8 Å². The molecule has 0 fully saturated rings. The topological polar surface area (TPSA) is 172 Å². The zero-order valence-electron chi connectivity index (χ0n) is 17.4. The first kappa shape index (κ1) is 27.4. The Morgan fingerprint density at radius 2 is 1.93 bits per heavy atom. The highest BCUT2D eigenvalue weighted by molar-refractivity contribution is 5.99. The number of nitrogens with zero attached hydrogens (tertiary/aromatic N) is 1. The van der Waals surface area contributed by atoms with Gasteiger partial charge in [0.15, 0.2) is 5.96 Å². The van der Waals surface area contributed by atoms with Crippen LogP contribution in [0.3, 0.4) is 0 Å². The van der Waals surface area contributed by atoms with Gasteiger partial charge in [-0.25, -0.2) is 0 Å². The second kappa shape index (κ2) is 17.6. The maximum absolute atomic E-state index is 12.4. The minimum absolute atomic E-state index is 0.0291. The summed E-state index contributed by atoms with van der Waals surface area (Å²) in [4.78, 5) is 27.3. The normalized spacial score (nSPS) is 10.2. The number of guanidine groups is 1. The van der Waals surface area contributed by atoms with Gasteiger partial charge >= 0.3 is 0 Å². The van der Waals surface area contributed by atoms with E-state index in [2.05, 4.69) is 16.0 Å². The van der Waals surface area contributed by atoms with Gasteiger partial charge in [0.1, 0.15) is 18.6 Å². The van der Waals surface area contributed by atoms with Crippen LogP contribution in [-0.2, 0) is 4.79 Å². The molecule has 0 saturated heterocycles. The average molecular weight is 397 g/mol. The van der Waals surface area contributed by atoms with Gasteiger partial charge in [0.2, 0.25) is 0 Å². The van der Waals surface area contributed by atoms with E-state index in [0.717, 1.165) is 19.1 Å². The number of amides is 1. The Morgan fingerprint density at radius 3 is 2.46 bits per heavy atom. The van der Waals surface area contributed by atoms with Crippen molar-refractivity contribution in [3.63, 3.8) is 0 Å². The van der Waals surface area contributed by atoms with Crippen molar-refractivity contribution in [3.8, 4) is 5.75 Å². The van der Waals surface area contributed by atoms with Crippen molar-refractivity contribution in [2.45, 2.75) is 46.1 Å². The SMILES string of the molecule is CC.CCCCC(C=O)NC(=O)c1cc(N)ccc1OCCN=C(N)N.CN. The molecule has 9 heteroatoms. The number of unbranched alkanes of at least 4 members (excludes halogenated alkanes) is 1. The van der Waals surface area contributed by atoms with Gasteiger partial charge in [-0.1, -0.05) is 33.6 Å². The van der Waals surface area contributed by atoms with E-state index in [4.69, 9.17) is 21.9 Å². The fourth-order valence-corrected chi connectivity index (χ4v) is 2.03. The third-order valence-corrected chi connectivity index (χ3v) is 3.24. The minimum Gasteiger partial charge on any atom is -0.491 e. The lowest BCUT2D eigenvalue weighted by Crippen LogP contribution is -2.36. The standard InChI is InChI=1S/C16H25N5O3.C2H6.CH5N/c1-2-3-4-12(10-22)21-15(23)13-9-11(17)5-6-14(13)24-8-7-20-16(18)19;2*1-2/h5-6,9-10,12H,2-4,7-8,17H2,1H3,(H,21,23)(H4,18,19,20);1-2H3;2H2,1H3. The Hall–Kier alpha value is -2.81. The Morgan fingerprint density at radius 1 is 1.29 bits per heavy atom. The van der Waals surface area contributed by atoms with Crippen LogP contribution in [0.15, 0.2) is 23.2 Å². The highest BCUT2D eigenvalue weighted by atomic mass is 16.5. The lowest BCUT2D eigenvalue weighted by Gasteiger charge is -2.15. The molecule has 28 heavy (non-hydrogen) atoms. The zero-order chi connectivity index (χ0) is 21.9. The average Bonchev–Trinajstić information content (AvgIpc) is 2.71. The van der Waals surface area contributed by atoms with Crippen molar-refractivity contribution in [1.82, 2.24) is 5.32 Å². The maximum atomic E-state index is 12.4. The molecule has 1 aromatic carbocycles. The lowest BCUT2D eigenvalue weighted by atomic mass is 10.1. The molecule has 0 spiro atoms. The number of aliphatic imine (C=N–C) groups is 1. The second-order valence-corrected chi connectivity index (χ2v) is 5.27. The molecule has 0 bridgehead atoms. The van der Waals surface area contributed by atoms with Gasteiger partial charge in [-0.05, 0) is 31.7 Å². The lowest BCUT2D eigenvalue weighted by molar-refractivity contribution is -0.109. The number of nitrogen functional groups attached to an aromatic ring is 1. The predicted octanol–water partition coefficient (Wildman–Crippen LogP) is 1.01. The molecule has 1 atom stereocenters. The van der Waals surface area contributed by atoms with Crippen LogP contribution in [-0.4, -0.2) is 44.4 Å². The number of nitrogens with two attached hydrogens (primary N) is 4. The third kappa shape index (κ3) is 11.7. The Bertz CT molecular complexity index is 589. The molecular formula is C19H36N6O3. The number of aldehydes is 1. The summed E-state index contributed by atoms with van der Waals surface area (Å²) in [6, 6.07) is 4.20. The van der Waals surface area contributed by atoms with E-state index in [1.54, 1.807) is 12.1 Å². The van der Waals surface area contributed by atoms with Crippen LogP contribution in [0.4, 0.5) is 5.69 Å².